The number of nitrogens with zero attached hydrogens (tertiary/aromatic N) is 1. The van der Waals surface area contributed by atoms with E-state index in [-0.39, 0.29) is 29.8 Å². The first-order valence-electron chi connectivity index (χ1n) is 8.49. The summed E-state index contributed by atoms with van der Waals surface area (Å²) in [6.07, 6.45) is 8.22. The highest BCUT2D eigenvalue weighted by Gasteiger charge is 2.48. The minimum Gasteiger partial charge on any atom is -0.340 e. The number of hydrogen-bond acceptors (Lipinski definition) is 2. The predicted molar refractivity (Wildman–Crippen MR) is 83.8 cm³/mol. The summed E-state index contributed by atoms with van der Waals surface area (Å²) in [4.78, 5) is 27.4. The molecule has 0 spiro atoms. The van der Waals surface area contributed by atoms with Crippen molar-refractivity contribution < 1.29 is 9.59 Å². The van der Waals surface area contributed by atoms with Gasteiger partial charge in [-0.25, -0.2) is 0 Å². The van der Waals surface area contributed by atoms with E-state index in [4.69, 9.17) is 0 Å². The van der Waals surface area contributed by atoms with Gasteiger partial charge in [0.2, 0.25) is 11.8 Å². The van der Waals surface area contributed by atoms with E-state index in [1.165, 1.54) is 32.1 Å². The first-order chi connectivity index (χ1) is 9.84. The van der Waals surface area contributed by atoms with Gasteiger partial charge in [0.1, 0.15) is 11.6 Å². The van der Waals surface area contributed by atoms with Crippen molar-refractivity contribution in [1.29, 1.82) is 0 Å². The zero-order chi connectivity index (χ0) is 15.6. The van der Waals surface area contributed by atoms with Crippen LogP contribution in [0.1, 0.15) is 72.6 Å². The highest BCUT2D eigenvalue weighted by atomic mass is 16.2. The molecule has 1 aliphatic carbocycles. The third-order valence-electron chi connectivity index (χ3n) is 4.87. The molecule has 2 fully saturated rings. The second kappa shape index (κ2) is 6.37. The molecule has 1 atom stereocenters. The first kappa shape index (κ1) is 16.3. The van der Waals surface area contributed by atoms with E-state index >= 15 is 0 Å². The van der Waals surface area contributed by atoms with E-state index in [1.807, 2.05) is 32.6 Å². The van der Waals surface area contributed by atoms with Crippen molar-refractivity contribution in [3.8, 4) is 0 Å². The Morgan fingerprint density at radius 3 is 2.10 bits per heavy atom. The summed E-state index contributed by atoms with van der Waals surface area (Å²) in [5.41, 5.74) is -0.773. The maximum Gasteiger partial charge on any atom is 0.248 e. The van der Waals surface area contributed by atoms with Crippen LogP contribution in [-0.2, 0) is 9.59 Å². The molecule has 21 heavy (non-hydrogen) atoms. The summed E-state index contributed by atoms with van der Waals surface area (Å²) >= 11 is 0. The Kier molecular flexibility index (Phi) is 4.95. The lowest BCUT2D eigenvalue weighted by atomic mass is 9.86. The zero-order valence-corrected chi connectivity index (χ0v) is 13.9. The van der Waals surface area contributed by atoms with E-state index in [1.54, 1.807) is 0 Å². The maximum atomic E-state index is 12.9. The molecule has 4 heteroatoms. The summed E-state index contributed by atoms with van der Waals surface area (Å²) in [5.74, 6) is 0.249. The monoisotopic (exact) mass is 294 g/mol. The molecular formula is C17H30N2O2. The van der Waals surface area contributed by atoms with Crippen LogP contribution in [0, 0.1) is 5.92 Å². The van der Waals surface area contributed by atoms with Gasteiger partial charge in [-0.3, -0.25) is 9.59 Å². The molecule has 0 radical (unpaired) electrons. The zero-order valence-electron chi connectivity index (χ0n) is 13.9. The lowest BCUT2D eigenvalue weighted by Gasteiger charge is -2.48. The highest BCUT2D eigenvalue weighted by molar-refractivity contribution is 5.99. The number of carbonyl (C=O) groups excluding carboxylic acids is 2. The Labute approximate surface area is 128 Å². The molecule has 2 rings (SSSR count). The number of piperazine rings is 1. The fourth-order valence-corrected chi connectivity index (χ4v) is 3.74. The van der Waals surface area contributed by atoms with Crippen LogP contribution in [0.25, 0.3) is 0 Å². The minimum atomic E-state index is -0.773. The van der Waals surface area contributed by atoms with E-state index < -0.39 is 5.54 Å². The van der Waals surface area contributed by atoms with Crippen LogP contribution in [0.15, 0.2) is 0 Å². The predicted octanol–water partition coefficient (Wildman–Crippen LogP) is 2.86. The Hall–Kier alpha value is -1.06. The van der Waals surface area contributed by atoms with Crippen molar-refractivity contribution in [3.05, 3.63) is 0 Å². The Morgan fingerprint density at radius 1 is 1.05 bits per heavy atom. The molecule has 0 aromatic heterocycles. The highest BCUT2D eigenvalue weighted by Crippen LogP contribution is 2.30. The lowest BCUT2D eigenvalue weighted by molar-refractivity contribution is -0.159. The van der Waals surface area contributed by atoms with Crippen LogP contribution in [0.5, 0.6) is 0 Å². The van der Waals surface area contributed by atoms with Gasteiger partial charge in [0.05, 0.1) is 0 Å². The molecule has 1 saturated heterocycles. The minimum absolute atomic E-state index is 0.0108. The number of nitrogens with one attached hydrogen (secondary N) is 1. The molecule has 2 amide bonds. The average molecular weight is 294 g/mol. The van der Waals surface area contributed by atoms with Crippen LogP contribution >= 0.6 is 0 Å². The van der Waals surface area contributed by atoms with Gasteiger partial charge >= 0.3 is 0 Å². The molecule has 1 N–H and O–H groups in total. The standard InChI is InChI=1S/C17H30N2O2/c1-12(2)14-15(20)18-17(3,4)16(21)19(14)13-10-8-6-5-7-9-11-13/h12-14H,5-11H2,1-4H3,(H,18,20). The molecule has 0 aromatic rings. The van der Waals surface area contributed by atoms with Crippen molar-refractivity contribution >= 4 is 11.8 Å². The Morgan fingerprint density at radius 2 is 1.57 bits per heavy atom. The van der Waals surface area contributed by atoms with Gasteiger partial charge in [0.15, 0.2) is 0 Å². The van der Waals surface area contributed by atoms with Gasteiger partial charge in [0.25, 0.3) is 0 Å². The van der Waals surface area contributed by atoms with Gasteiger partial charge in [0, 0.05) is 6.04 Å². The number of hydrogen-bond donors (Lipinski definition) is 1. The molecule has 2 aliphatic rings. The number of amides is 2. The fourth-order valence-electron chi connectivity index (χ4n) is 3.74. The van der Waals surface area contributed by atoms with Crippen LogP contribution in [-0.4, -0.2) is 34.3 Å². The van der Waals surface area contributed by atoms with Gasteiger partial charge < -0.3 is 10.2 Å². The van der Waals surface area contributed by atoms with Crippen LogP contribution in [0.4, 0.5) is 0 Å². The number of rotatable bonds is 2. The molecule has 0 aromatic carbocycles. The molecule has 1 aliphatic heterocycles. The summed E-state index contributed by atoms with van der Waals surface area (Å²) in [5, 5.41) is 2.90. The van der Waals surface area contributed by atoms with Crippen molar-refractivity contribution in [3.63, 3.8) is 0 Å². The molecule has 1 unspecified atom stereocenters. The summed E-state index contributed by atoms with van der Waals surface area (Å²) in [7, 11) is 0. The second-order valence-electron chi connectivity index (χ2n) is 7.51. The normalized spacial score (nSPS) is 28.2. The van der Waals surface area contributed by atoms with Crippen LogP contribution < -0.4 is 5.32 Å². The topological polar surface area (TPSA) is 49.4 Å². The fraction of sp³-hybridized carbons (Fsp3) is 0.882. The quantitative estimate of drug-likeness (QED) is 0.851. The van der Waals surface area contributed by atoms with Crippen molar-refractivity contribution in [1.82, 2.24) is 10.2 Å². The first-order valence-corrected chi connectivity index (χ1v) is 8.49. The molecule has 120 valence electrons. The van der Waals surface area contributed by atoms with E-state index in [0.717, 1.165) is 12.8 Å². The molecule has 4 nitrogen and oxygen atoms in total. The van der Waals surface area contributed by atoms with Crippen LogP contribution in [0.2, 0.25) is 0 Å². The van der Waals surface area contributed by atoms with Crippen molar-refractivity contribution in [2.75, 3.05) is 0 Å². The maximum absolute atomic E-state index is 12.9. The summed E-state index contributed by atoms with van der Waals surface area (Å²) < 4.78 is 0. The molecule has 0 bridgehead atoms. The smallest absolute Gasteiger partial charge is 0.248 e. The average Bonchev–Trinajstić information content (AvgIpc) is 2.32. The largest absolute Gasteiger partial charge is 0.340 e. The second-order valence-corrected chi connectivity index (χ2v) is 7.51. The van der Waals surface area contributed by atoms with Gasteiger partial charge in [-0.1, -0.05) is 46.0 Å². The molecular weight excluding hydrogens is 264 g/mol. The van der Waals surface area contributed by atoms with E-state index in [2.05, 4.69) is 5.32 Å². The van der Waals surface area contributed by atoms with Crippen LogP contribution in [0.3, 0.4) is 0 Å². The summed E-state index contributed by atoms with van der Waals surface area (Å²) in [6, 6.07) is -0.0783. The third kappa shape index (κ3) is 3.41. The van der Waals surface area contributed by atoms with E-state index in [0.29, 0.717) is 0 Å². The number of carbonyl (C=O) groups is 2. The summed E-state index contributed by atoms with van der Waals surface area (Å²) in [6.45, 7) is 7.71. The van der Waals surface area contributed by atoms with E-state index in [9.17, 15) is 9.59 Å². The van der Waals surface area contributed by atoms with Gasteiger partial charge in [-0.2, -0.15) is 0 Å². The third-order valence-corrected chi connectivity index (χ3v) is 4.87. The Balaban J connectivity index is 2.28. The van der Waals surface area contributed by atoms with Crippen molar-refractivity contribution in [2.24, 2.45) is 5.92 Å². The van der Waals surface area contributed by atoms with Crippen molar-refractivity contribution in [2.45, 2.75) is 90.3 Å². The SMILES string of the molecule is CC(C)C1C(=O)NC(C)(C)C(=O)N1C1CCCCCCC1. The van der Waals surface area contributed by atoms with Gasteiger partial charge in [-0.15, -0.1) is 0 Å². The molecule has 1 saturated carbocycles. The van der Waals surface area contributed by atoms with Gasteiger partial charge in [-0.05, 0) is 32.6 Å². The lowest BCUT2D eigenvalue weighted by Crippen LogP contribution is -2.71. The Bertz CT molecular complexity index is 396. The molecule has 1 heterocycles.